The Balaban J connectivity index is 1.88. The van der Waals surface area contributed by atoms with Gasteiger partial charge in [-0.2, -0.15) is 0 Å². The number of halogens is 2. The number of rotatable bonds is 9. The van der Waals surface area contributed by atoms with Crippen LogP contribution in [0.1, 0.15) is 31.4 Å². The molecule has 0 bridgehead atoms. The zero-order chi connectivity index (χ0) is 19.1. The van der Waals surface area contributed by atoms with Gasteiger partial charge < -0.3 is 15.2 Å². The number of carboxylic acids is 1. The number of carboxylic acid groups (broad SMARTS) is 1. The maximum Gasteiger partial charge on any atom is 0.320 e. The van der Waals surface area contributed by atoms with E-state index in [-0.39, 0.29) is 12.4 Å². The van der Waals surface area contributed by atoms with Gasteiger partial charge in [0.25, 0.3) is 0 Å². The summed E-state index contributed by atoms with van der Waals surface area (Å²) in [5, 5.41) is 12.6. The molecule has 0 aliphatic carbocycles. The molecule has 2 aromatic carbocycles. The summed E-state index contributed by atoms with van der Waals surface area (Å²) in [5.74, 6) is -0.258. The largest absolute Gasteiger partial charge is 0.489 e. The Labute approximate surface area is 157 Å². The predicted octanol–water partition coefficient (Wildman–Crippen LogP) is 4.65. The highest BCUT2D eigenvalue weighted by Gasteiger charge is 2.17. The molecule has 0 aromatic heterocycles. The molecule has 2 rings (SSSR count). The molecule has 0 radical (unpaired) electrons. The Hall–Kier alpha value is -2.11. The summed E-state index contributed by atoms with van der Waals surface area (Å²) in [6, 6.07) is 11.0. The molecule has 6 heteroatoms. The Morgan fingerprint density at radius 3 is 2.50 bits per heavy atom. The van der Waals surface area contributed by atoms with Crippen LogP contribution in [0.3, 0.4) is 0 Å². The van der Waals surface area contributed by atoms with Crippen LogP contribution in [0.2, 0.25) is 5.02 Å². The fourth-order valence-electron chi connectivity index (χ4n) is 2.49. The van der Waals surface area contributed by atoms with Crippen LogP contribution in [0.4, 0.5) is 4.39 Å². The van der Waals surface area contributed by atoms with Crippen molar-refractivity contribution in [3.63, 3.8) is 0 Å². The van der Waals surface area contributed by atoms with Crippen LogP contribution < -0.4 is 10.1 Å². The van der Waals surface area contributed by atoms with Crippen LogP contribution >= 0.6 is 11.6 Å². The van der Waals surface area contributed by atoms with Crippen LogP contribution in [-0.4, -0.2) is 17.1 Å². The van der Waals surface area contributed by atoms with Crippen LogP contribution in [0.5, 0.6) is 5.75 Å². The minimum absolute atomic E-state index is 0.242. The van der Waals surface area contributed by atoms with E-state index >= 15 is 0 Å². The van der Waals surface area contributed by atoms with E-state index in [1.165, 1.54) is 12.1 Å². The monoisotopic (exact) mass is 379 g/mol. The van der Waals surface area contributed by atoms with E-state index in [9.17, 15) is 14.3 Å². The van der Waals surface area contributed by atoms with Crippen LogP contribution in [0.25, 0.3) is 0 Å². The van der Waals surface area contributed by atoms with Crippen molar-refractivity contribution in [1.29, 1.82) is 0 Å². The minimum atomic E-state index is -0.838. The lowest BCUT2D eigenvalue weighted by Crippen LogP contribution is -2.37. The smallest absolute Gasteiger partial charge is 0.320 e. The van der Waals surface area contributed by atoms with Crippen molar-refractivity contribution in [2.24, 2.45) is 5.92 Å². The van der Waals surface area contributed by atoms with E-state index in [2.05, 4.69) is 5.32 Å². The molecule has 1 unspecified atom stereocenters. The average molecular weight is 380 g/mol. The minimum Gasteiger partial charge on any atom is -0.489 e. The molecule has 140 valence electrons. The van der Waals surface area contributed by atoms with E-state index in [1.807, 2.05) is 38.1 Å². The van der Waals surface area contributed by atoms with Crippen molar-refractivity contribution in [3.8, 4) is 5.75 Å². The first-order valence-electron chi connectivity index (χ1n) is 8.47. The molecule has 0 fully saturated rings. The molecule has 26 heavy (non-hydrogen) atoms. The Bertz CT molecular complexity index is 734. The molecule has 0 spiro atoms. The average Bonchev–Trinajstić information content (AvgIpc) is 2.58. The van der Waals surface area contributed by atoms with Crippen LogP contribution in [-0.2, 0) is 17.9 Å². The van der Waals surface area contributed by atoms with Gasteiger partial charge in [0.05, 0.1) is 5.02 Å². The topological polar surface area (TPSA) is 58.6 Å². The lowest BCUT2D eigenvalue weighted by atomic mass is 10.0. The summed E-state index contributed by atoms with van der Waals surface area (Å²) in [6.07, 6.45) is 0.578. The second kappa shape index (κ2) is 9.55. The van der Waals surface area contributed by atoms with Gasteiger partial charge in [0, 0.05) is 12.1 Å². The van der Waals surface area contributed by atoms with Crippen molar-refractivity contribution in [1.82, 2.24) is 5.32 Å². The van der Waals surface area contributed by atoms with Gasteiger partial charge in [0.15, 0.2) is 0 Å². The number of ether oxygens (including phenoxy) is 1. The second-order valence-electron chi connectivity index (χ2n) is 6.57. The molecule has 0 heterocycles. The fourth-order valence-corrected chi connectivity index (χ4v) is 2.71. The standard InChI is InChI=1S/C20H23ClFNO3/c1-13(2)9-19(20(24)25)23-11-14-3-7-17(8-4-14)26-12-15-5-6-16(22)10-18(15)21/h3-8,10,13,19,23H,9,11-12H2,1-2H3,(H,24,25). The number of hydrogen-bond donors (Lipinski definition) is 2. The normalized spacial score (nSPS) is 12.2. The van der Waals surface area contributed by atoms with Gasteiger partial charge in [-0.05, 0) is 42.2 Å². The highest BCUT2D eigenvalue weighted by atomic mass is 35.5. The first kappa shape index (κ1) is 20.2. The van der Waals surface area contributed by atoms with Gasteiger partial charge in [-0.1, -0.05) is 43.6 Å². The molecule has 0 aliphatic heterocycles. The van der Waals surface area contributed by atoms with E-state index in [1.54, 1.807) is 6.07 Å². The Morgan fingerprint density at radius 1 is 1.23 bits per heavy atom. The molecular weight excluding hydrogens is 357 g/mol. The lowest BCUT2D eigenvalue weighted by molar-refractivity contribution is -0.140. The van der Waals surface area contributed by atoms with Gasteiger partial charge in [-0.15, -0.1) is 0 Å². The summed E-state index contributed by atoms with van der Waals surface area (Å²) in [6.45, 7) is 4.70. The summed E-state index contributed by atoms with van der Waals surface area (Å²) in [4.78, 5) is 11.3. The van der Waals surface area contributed by atoms with E-state index in [0.717, 1.165) is 5.56 Å². The second-order valence-corrected chi connectivity index (χ2v) is 6.98. The summed E-state index contributed by atoms with van der Waals surface area (Å²) >= 11 is 5.98. The lowest BCUT2D eigenvalue weighted by Gasteiger charge is -2.16. The number of hydrogen-bond acceptors (Lipinski definition) is 3. The number of nitrogens with one attached hydrogen (secondary N) is 1. The van der Waals surface area contributed by atoms with Crippen molar-refractivity contribution in [2.45, 2.75) is 39.5 Å². The molecular formula is C20H23ClFNO3. The van der Waals surface area contributed by atoms with Gasteiger partial charge >= 0.3 is 5.97 Å². The van der Waals surface area contributed by atoms with E-state index in [0.29, 0.717) is 35.2 Å². The molecule has 0 saturated heterocycles. The van der Waals surface area contributed by atoms with Gasteiger partial charge in [0.2, 0.25) is 0 Å². The third-order valence-electron chi connectivity index (χ3n) is 3.89. The fraction of sp³-hybridized carbons (Fsp3) is 0.350. The van der Waals surface area contributed by atoms with Crippen molar-refractivity contribution in [3.05, 3.63) is 64.4 Å². The molecule has 0 amide bonds. The summed E-state index contributed by atoms with van der Waals surface area (Å²) < 4.78 is 18.7. The number of aliphatic carboxylic acids is 1. The first-order chi connectivity index (χ1) is 12.3. The molecule has 0 saturated carbocycles. The number of carbonyl (C=O) groups is 1. The van der Waals surface area contributed by atoms with Crippen molar-refractivity contribution < 1.29 is 19.0 Å². The molecule has 4 nitrogen and oxygen atoms in total. The molecule has 1 atom stereocenters. The first-order valence-corrected chi connectivity index (χ1v) is 8.85. The third-order valence-corrected chi connectivity index (χ3v) is 4.24. The maximum atomic E-state index is 13.0. The molecule has 2 aromatic rings. The zero-order valence-electron chi connectivity index (χ0n) is 14.8. The highest BCUT2D eigenvalue weighted by Crippen LogP contribution is 2.20. The van der Waals surface area contributed by atoms with Gasteiger partial charge in [0.1, 0.15) is 24.2 Å². The van der Waals surface area contributed by atoms with E-state index in [4.69, 9.17) is 16.3 Å². The molecule has 2 N–H and O–H groups in total. The van der Waals surface area contributed by atoms with Crippen molar-refractivity contribution >= 4 is 17.6 Å². The predicted molar refractivity (Wildman–Crippen MR) is 99.9 cm³/mol. The van der Waals surface area contributed by atoms with Crippen LogP contribution in [0, 0.1) is 11.7 Å². The maximum absolute atomic E-state index is 13.0. The summed E-state index contributed by atoms with van der Waals surface area (Å²) in [5.41, 5.74) is 1.67. The summed E-state index contributed by atoms with van der Waals surface area (Å²) in [7, 11) is 0. The van der Waals surface area contributed by atoms with E-state index < -0.39 is 12.0 Å². The van der Waals surface area contributed by atoms with Crippen molar-refractivity contribution in [2.75, 3.05) is 0 Å². The quantitative estimate of drug-likeness (QED) is 0.666. The Morgan fingerprint density at radius 2 is 1.92 bits per heavy atom. The molecule has 0 aliphatic rings. The third kappa shape index (κ3) is 6.32. The highest BCUT2D eigenvalue weighted by molar-refractivity contribution is 6.31. The van der Waals surface area contributed by atoms with Crippen LogP contribution in [0.15, 0.2) is 42.5 Å². The van der Waals surface area contributed by atoms with Gasteiger partial charge in [-0.25, -0.2) is 4.39 Å². The van der Waals surface area contributed by atoms with Gasteiger partial charge in [-0.3, -0.25) is 4.79 Å². The Kier molecular flexibility index (Phi) is 7.42. The zero-order valence-corrected chi connectivity index (χ0v) is 15.6. The SMILES string of the molecule is CC(C)CC(NCc1ccc(OCc2ccc(F)cc2Cl)cc1)C(=O)O. The number of benzene rings is 2.